The Balaban J connectivity index is 1.29. The molecule has 5 rings (SSSR count). The maximum atomic E-state index is 13.3. The van der Waals surface area contributed by atoms with E-state index in [0.717, 1.165) is 10.9 Å². The summed E-state index contributed by atoms with van der Waals surface area (Å²) in [7, 11) is -3.74. The highest BCUT2D eigenvalue weighted by Gasteiger charge is 2.36. The number of aryl methyl sites for hydroxylation is 1. The van der Waals surface area contributed by atoms with Crippen LogP contribution in [0.25, 0.3) is 10.9 Å². The summed E-state index contributed by atoms with van der Waals surface area (Å²) >= 11 is 0. The van der Waals surface area contributed by atoms with Crippen molar-refractivity contribution in [2.45, 2.75) is 17.9 Å². The van der Waals surface area contributed by atoms with Crippen LogP contribution in [-0.4, -0.2) is 67.4 Å². The Hall–Kier alpha value is -3.17. The first-order chi connectivity index (χ1) is 15.4. The van der Waals surface area contributed by atoms with Crippen molar-refractivity contribution in [3.8, 4) is 11.5 Å². The van der Waals surface area contributed by atoms with Crippen molar-refractivity contribution in [1.82, 2.24) is 14.2 Å². The van der Waals surface area contributed by atoms with E-state index in [2.05, 4.69) is 4.98 Å². The number of rotatable bonds is 3. The molecule has 2 aliphatic heterocycles. The molecule has 9 heteroatoms. The molecule has 166 valence electrons. The molecular formula is C23H23N3O5S. The number of carbonyl (C=O) groups excluding carboxylic acids is 1. The van der Waals surface area contributed by atoms with Crippen molar-refractivity contribution in [3.05, 3.63) is 60.3 Å². The number of pyridine rings is 1. The highest BCUT2D eigenvalue weighted by molar-refractivity contribution is 7.89. The predicted molar refractivity (Wildman–Crippen MR) is 118 cm³/mol. The molecule has 0 bridgehead atoms. The molecular weight excluding hydrogens is 430 g/mol. The highest BCUT2D eigenvalue weighted by atomic mass is 32.2. The van der Waals surface area contributed by atoms with Crippen LogP contribution in [-0.2, 0) is 14.8 Å². The Morgan fingerprint density at radius 2 is 1.78 bits per heavy atom. The van der Waals surface area contributed by atoms with Gasteiger partial charge < -0.3 is 14.4 Å². The highest BCUT2D eigenvalue weighted by Crippen LogP contribution is 2.31. The largest absolute Gasteiger partial charge is 0.485 e. The fourth-order valence-electron chi connectivity index (χ4n) is 4.08. The van der Waals surface area contributed by atoms with Gasteiger partial charge in [0, 0.05) is 37.8 Å². The molecule has 8 nitrogen and oxygen atoms in total. The van der Waals surface area contributed by atoms with E-state index in [0.29, 0.717) is 17.0 Å². The zero-order valence-corrected chi connectivity index (χ0v) is 18.4. The summed E-state index contributed by atoms with van der Waals surface area (Å²) in [5.74, 6) is 0.960. The van der Waals surface area contributed by atoms with Crippen molar-refractivity contribution in [1.29, 1.82) is 0 Å². The molecule has 1 atom stereocenters. The first kappa shape index (κ1) is 20.7. The van der Waals surface area contributed by atoms with E-state index in [9.17, 15) is 13.2 Å². The van der Waals surface area contributed by atoms with Crippen LogP contribution < -0.4 is 9.47 Å². The summed E-state index contributed by atoms with van der Waals surface area (Å²) < 4.78 is 39.6. The summed E-state index contributed by atoms with van der Waals surface area (Å²) in [5, 5.41) is 0.787. The van der Waals surface area contributed by atoms with Crippen molar-refractivity contribution in [2.24, 2.45) is 0 Å². The number of nitrogens with zero attached hydrogens (tertiary/aromatic N) is 3. The first-order valence-corrected chi connectivity index (χ1v) is 11.9. The van der Waals surface area contributed by atoms with Crippen molar-refractivity contribution in [3.63, 3.8) is 0 Å². The molecule has 2 aromatic carbocycles. The fourth-order valence-corrected chi connectivity index (χ4v) is 5.67. The van der Waals surface area contributed by atoms with Gasteiger partial charge >= 0.3 is 0 Å². The van der Waals surface area contributed by atoms with Gasteiger partial charge in [0.15, 0.2) is 11.5 Å². The maximum Gasteiger partial charge on any atom is 0.267 e. The lowest BCUT2D eigenvalue weighted by Gasteiger charge is -2.36. The Morgan fingerprint density at radius 3 is 2.56 bits per heavy atom. The van der Waals surface area contributed by atoms with E-state index in [1.54, 1.807) is 35.4 Å². The van der Waals surface area contributed by atoms with Crippen LogP contribution in [0.5, 0.6) is 11.5 Å². The number of piperazine rings is 1. The standard InChI is InChI=1S/C23H23N3O5S/c1-16-13-17-5-4-8-21(22(17)24-14-16)32(28,29)26-11-9-25(10-12-26)23(27)20-15-30-18-6-2-3-7-19(18)31-20/h2-8,13-14,20H,9-12,15H2,1H3/t20-/m0/s1. The number of carbonyl (C=O) groups is 1. The van der Waals surface area contributed by atoms with Gasteiger partial charge in [-0.1, -0.05) is 24.3 Å². The molecule has 0 unspecified atom stereocenters. The second kappa shape index (κ2) is 8.07. The average molecular weight is 454 g/mol. The number of hydrogen-bond donors (Lipinski definition) is 0. The average Bonchev–Trinajstić information content (AvgIpc) is 2.82. The number of aromatic nitrogens is 1. The number of ether oxygens (including phenoxy) is 2. The molecule has 3 heterocycles. The van der Waals surface area contributed by atoms with Gasteiger partial charge in [0.1, 0.15) is 11.5 Å². The van der Waals surface area contributed by atoms with Gasteiger partial charge in [0.2, 0.25) is 16.1 Å². The molecule has 1 aromatic heterocycles. The lowest BCUT2D eigenvalue weighted by atomic mass is 10.2. The van der Waals surface area contributed by atoms with Crippen LogP contribution >= 0.6 is 0 Å². The van der Waals surface area contributed by atoms with Gasteiger partial charge in [0.05, 0.1) is 5.52 Å². The summed E-state index contributed by atoms with van der Waals surface area (Å²) in [6.45, 7) is 3.05. The topological polar surface area (TPSA) is 89.0 Å². The van der Waals surface area contributed by atoms with E-state index in [1.165, 1.54) is 4.31 Å². The minimum atomic E-state index is -3.74. The van der Waals surface area contributed by atoms with Crippen molar-refractivity contribution in [2.75, 3.05) is 32.8 Å². The summed E-state index contributed by atoms with van der Waals surface area (Å²) in [4.78, 5) is 19.1. The van der Waals surface area contributed by atoms with Gasteiger partial charge in [-0.05, 0) is 36.8 Å². The van der Waals surface area contributed by atoms with E-state index >= 15 is 0 Å². The number of para-hydroxylation sites is 3. The maximum absolute atomic E-state index is 13.3. The molecule has 0 radical (unpaired) electrons. The number of amides is 1. The molecule has 0 N–H and O–H groups in total. The first-order valence-electron chi connectivity index (χ1n) is 10.5. The SMILES string of the molecule is Cc1cnc2c(S(=O)(=O)N3CCN(C(=O)[C@@H]4COc5ccccc5O4)CC3)cccc2c1. The smallest absolute Gasteiger partial charge is 0.267 e. The third-order valence-corrected chi connectivity index (χ3v) is 7.69. The van der Waals surface area contributed by atoms with E-state index in [-0.39, 0.29) is 43.6 Å². The summed E-state index contributed by atoms with van der Waals surface area (Å²) in [6.07, 6.45) is 0.932. The third-order valence-electron chi connectivity index (χ3n) is 5.76. The van der Waals surface area contributed by atoms with Crippen LogP contribution in [0.1, 0.15) is 5.56 Å². The molecule has 3 aromatic rings. The lowest BCUT2D eigenvalue weighted by Crippen LogP contribution is -2.55. The molecule has 1 amide bonds. The second-order valence-corrected chi connectivity index (χ2v) is 9.84. The number of benzene rings is 2. The second-order valence-electron chi connectivity index (χ2n) is 7.93. The summed E-state index contributed by atoms with van der Waals surface area (Å²) in [6, 6.07) is 14.3. The van der Waals surface area contributed by atoms with Crippen molar-refractivity contribution < 1.29 is 22.7 Å². The van der Waals surface area contributed by atoms with Gasteiger partial charge in [-0.3, -0.25) is 9.78 Å². The molecule has 1 saturated heterocycles. The van der Waals surface area contributed by atoms with Gasteiger partial charge in [-0.15, -0.1) is 0 Å². The third kappa shape index (κ3) is 3.67. The minimum absolute atomic E-state index is 0.134. The minimum Gasteiger partial charge on any atom is -0.485 e. The lowest BCUT2D eigenvalue weighted by molar-refractivity contribution is -0.142. The number of hydrogen-bond acceptors (Lipinski definition) is 6. The van der Waals surface area contributed by atoms with Crippen LogP contribution in [0, 0.1) is 6.92 Å². The molecule has 1 fully saturated rings. The zero-order valence-electron chi connectivity index (χ0n) is 17.6. The van der Waals surface area contributed by atoms with E-state index in [4.69, 9.17) is 9.47 Å². The predicted octanol–water partition coefficient (Wildman–Crippen LogP) is 2.22. The van der Waals surface area contributed by atoms with Gasteiger partial charge in [-0.2, -0.15) is 4.31 Å². The quantitative estimate of drug-likeness (QED) is 0.604. The molecule has 0 aliphatic carbocycles. The molecule has 2 aliphatic rings. The Kier molecular flexibility index (Phi) is 5.22. The molecule has 32 heavy (non-hydrogen) atoms. The van der Waals surface area contributed by atoms with Gasteiger partial charge in [0.25, 0.3) is 5.91 Å². The van der Waals surface area contributed by atoms with E-state index in [1.807, 2.05) is 31.2 Å². The molecule has 0 spiro atoms. The van der Waals surface area contributed by atoms with E-state index < -0.39 is 16.1 Å². The van der Waals surface area contributed by atoms with Crippen LogP contribution in [0.4, 0.5) is 0 Å². The van der Waals surface area contributed by atoms with Gasteiger partial charge in [-0.25, -0.2) is 8.42 Å². The van der Waals surface area contributed by atoms with Crippen LogP contribution in [0.3, 0.4) is 0 Å². The normalized spacial score (nSPS) is 19.2. The zero-order chi connectivity index (χ0) is 22.3. The Bertz CT molecular complexity index is 1290. The monoisotopic (exact) mass is 453 g/mol. The number of sulfonamides is 1. The fraction of sp³-hybridized carbons (Fsp3) is 0.304. The Morgan fingerprint density at radius 1 is 1.03 bits per heavy atom. The summed E-state index contributed by atoms with van der Waals surface area (Å²) in [5.41, 5.74) is 1.43. The van der Waals surface area contributed by atoms with Crippen LogP contribution in [0.2, 0.25) is 0 Å². The Labute approximate surface area is 186 Å². The molecule has 0 saturated carbocycles. The van der Waals surface area contributed by atoms with Crippen molar-refractivity contribution >= 4 is 26.8 Å². The van der Waals surface area contributed by atoms with Crippen LogP contribution in [0.15, 0.2) is 59.6 Å². The number of fused-ring (bicyclic) bond motifs is 2.